The van der Waals surface area contributed by atoms with Crippen molar-refractivity contribution in [3.8, 4) is 0 Å². The first-order valence-corrected chi connectivity index (χ1v) is 6.76. The molecule has 19 heavy (non-hydrogen) atoms. The van der Waals surface area contributed by atoms with Crippen molar-refractivity contribution >= 4 is 0 Å². The third kappa shape index (κ3) is 5.66. The zero-order valence-electron chi connectivity index (χ0n) is 11.8. The molecular weight excluding hydrogens is 248 g/mol. The number of aliphatic hydroxyl groups excluding tert-OH is 1. The molecule has 0 saturated heterocycles. The fraction of sp³-hybridized carbons (Fsp3) is 0.600. The first kappa shape index (κ1) is 16.1. The summed E-state index contributed by atoms with van der Waals surface area (Å²) in [6.45, 7) is 6.56. The second kappa shape index (κ2) is 7.56. The van der Waals surface area contributed by atoms with Gasteiger partial charge in [0, 0.05) is 18.2 Å². The van der Waals surface area contributed by atoms with Crippen LogP contribution < -0.4 is 5.32 Å². The van der Waals surface area contributed by atoms with Gasteiger partial charge >= 0.3 is 0 Å². The molecule has 0 amide bonds. The highest BCUT2D eigenvalue weighted by Gasteiger charge is 2.14. The largest absolute Gasteiger partial charge is 0.387 e. The van der Waals surface area contributed by atoms with Crippen LogP contribution in [0, 0.1) is 17.6 Å². The zero-order valence-corrected chi connectivity index (χ0v) is 11.8. The molecule has 2 unspecified atom stereocenters. The van der Waals surface area contributed by atoms with E-state index in [-0.39, 0.29) is 18.2 Å². The lowest BCUT2D eigenvalue weighted by Crippen LogP contribution is -2.31. The van der Waals surface area contributed by atoms with Gasteiger partial charge in [0.15, 0.2) is 0 Å². The quantitative estimate of drug-likeness (QED) is 0.796. The third-order valence-electron chi connectivity index (χ3n) is 3.15. The highest BCUT2D eigenvalue weighted by molar-refractivity contribution is 5.21. The predicted molar refractivity (Wildman–Crippen MR) is 72.9 cm³/mol. The van der Waals surface area contributed by atoms with Crippen molar-refractivity contribution in [2.75, 3.05) is 6.54 Å². The number of benzene rings is 1. The zero-order chi connectivity index (χ0) is 14.4. The summed E-state index contributed by atoms with van der Waals surface area (Å²) in [7, 11) is 0. The van der Waals surface area contributed by atoms with Gasteiger partial charge in [0.05, 0.1) is 6.10 Å². The Bertz CT molecular complexity index is 396. The molecule has 0 heterocycles. The van der Waals surface area contributed by atoms with E-state index in [0.29, 0.717) is 5.92 Å². The number of hydrogen-bond donors (Lipinski definition) is 2. The lowest BCUT2D eigenvalue weighted by Gasteiger charge is -2.18. The van der Waals surface area contributed by atoms with Gasteiger partial charge in [0.2, 0.25) is 0 Å². The molecule has 2 N–H and O–H groups in total. The maximum Gasteiger partial charge on any atom is 0.129 e. The van der Waals surface area contributed by atoms with Gasteiger partial charge in [-0.3, -0.25) is 0 Å². The Balaban J connectivity index is 2.46. The molecule has 108 valence electrons. The summed E-state index contributed by atoms with van der Waals surface area (Å²) in [4.78, 5) is 0. The molecule has 1 aromatic rings. The van der Waals surface area contributed by atoms with Crippen molar-refractivity contribution in [2.24, 2.45) is 5.92 Å². The van der Waals surface area contributed by atoms with E-state index < -0.39 is 17.7 Å². The van der Waals surface area contributed by atoms with E-state index in [4.69, 9.17) is 0 Å². The van der Waals surface area contributed by atoms with Crippen LogP contribution >= 0.6 is 0 Å². The number of aliphatic hydroxyl groups is 1. The summed E-state index contributed by atoms with van der Waals surface area (Å²) in [5, 5.41) is 13.0. The second-order valence-electron chi connectivity index (χ2n) is 5.46. The lowest BCUT2D eigenvalue weighted by atomic mass is 10.0. The molecule has 2 atom stereocenters. The molecule has 0 aromatic heterocycles. The average molecular weight is 271 g/mol. The van der Waals surface area contributed by atoms with E-state index in [0.717, 1.165) is 31.0 Å². The van der Waals surface area contributed by atoms with Gasteiger partial charge in [0.1, 0.15) is 11.6 Å². The highest BCUT2D eigenvalue weighted by Crippen LogP contribution is 2.18. The molecule has 1 rings (SSSR count). The van der Waals surface area contributed by atoms with Gasteiger partial charge in [-0.15, -0.1) is 0 Å². The number of halogens is 2. The average Bonchev–Trinajstić information content (AvgIpc) is 2.36. The Morgan fingerprint density at radius 2 is 1.84 bits per heavy atom. The van der Waals surface area contributed by atoms with E-state index in [1.807, 2.05) is 6.92 Å². The molecule has 1 aromatic carbocycles. The minimum atomic E-state index is -1.03. The summed E-state index contributed by atoms with van der Waals surface area (Å²) in [5.74, 6) is -0.483. The van der Waals surface area contributed by atoms with Crippen molar-refractivity contribution in [3.63, 3.8) is 0 Å². The SMILES string of the molecule is CC(C)CCC(C)NCC(O)c1cc(F)ccc1F. The molecule has 0 spiro atoms. The van der Waals surface area contributed by atoms with E-state index in [2.05, 4.69) is 19.2 Å². The van der Waals surface area contributed by atoms with Crippen LogP contribution in [-0.2, 0) is 0 Å². The molecule has 0 radical (unpaired) electrons. The minimum Gasteiger partial charge on any atom is -0.387 e. The molecule has 0 aliphatic rings. The molecule has 0 fully saturated rings. The predicted octanol–water partition coefficient (Wildman–Crippen LogP) is 3.41. The monoisotopic (exact) mass is 271 g/mol. The minimum absolute atomic E-state index is 0.00330. The van der Waals surface area contributed by atoms with Crippen LogP contribution in [0.5, 0.6) is 0 Å². The van der Waals surface area contributed by atoms with E-state index in [1.165, 1.54) is 0 Å². The summed E-state index contributed by atoms with van der Waals surface area (Å²) in [6.07, 6.45) is 1.06. The molecule has 4 heteroatoms. The van der Waals surface area contributed by atoms with Gasteiger partial charge in [-0.2, -0.15) is 0 Å². The van der Waals surface area contributed by atoms with E-state index in [1.54, 1.807) is 0 Å². The number of hydrogen-bond acceptors (Lipinski definition) is 2. The second-order valence-corrected chi connectivity index (χ2v) is 5.46. The van der Waals surface area contributed by atoms with Crippen LogP contribution in [0.3, 0.4) is 0 Å². The van der Waals surface area contributed by atoms with Gasteiger partial charge in [0.25, 0.3) is 0 Å². The topological polar surface area (TPSA) is 32.3 Å². The fourth-order valence-electron chi connectivity index (χ4n) is 1.88. The number of rotatable bonds is 7. The summed E-state index contributed by atoms with van der Waals surface area (Å²) < 4.78 is 26.5. The Kier molecular flexibility index (Phi) is 6.38. The molecule has 0 bridgehead atoms. The first-order chi connectivity index (χ1) is 8.90. The normalized spacial score (nSPS) is 14.7. The van der Waals surface area contributed by atoms with Crippen molar-refractivity contribution in [1.82, 2.24) is 5.32 Å². The van der Waals surface area contributed by atoms with Crippen LogP contribution in [0.2, 0.25) is 0 Å². The number of nitrogens with one attached hydrogen (secondary N) is 1. The lowest BCUT2D eigenvalue weighted by molar-refractivity contribution is 0.164. The summed E-state index contributed by atoms with van der Waals surface area (Å²) >= 11 is 0. The van der Waals surface area contributed by atoms with E-state index in [9.17, 15) is 13.9 Å². The summed E-state index contributed by atoms with van der Waals surface area (Å²) in [6, 6.07) is 3.37. The van der Waals surface area contributed by atoms with Gasteiger partial charge in [-0.05, 0) is 43.9 Å². The van der Waals surface area contributed by atoms with Crippen molar-refractivity contribution in [3.05, 3.63) is 35.4 Å². The first-order valence-electron chi connectivity index (χ1n) is 6.76. The Morgan fingerprint density at radius 3 is 2.47 bits per heavy atom. The third-order valence-corrected chi connectivity index (χ3v) is 3.15. The maximum absolute atomic E-state index is 13.4. The standard InChI is InChI=1S/C15H23F2NO/c1-10(2)4-5-11(3)18-9-15(19)13-8-12(16)6-7-14(13)17/h6-8,10-11,15,18-19H,4-5,9H2,1-3H3. The van der Waals surface area contributed by atoms with Crippen LogP contribution in [-0.4, -0.2) is 17.7 Å². The highest BCUT2D eigenvalue weighted by atomic mass is 19.1. The van der Waals surface area contributed by atoms with Gasteiger partial charge in [-0.25, -0.2) is 8.78 Å². The van der Waals surface area contributed by atoms with Gasteiger partial charge in [-0.1, -0.05) is 13.8 Å². The van der Waals surface area contributed by atoms with E-state index >= 15 is 0 Å². The molecule has 0 aliphatic carbocycles. The van der Waals surface area contributed by atoms with Crippen LogP contribution in [0.4, 0.5) is 8.78 Å². The molecule has 0 aliphatic heterocycles. The van der Waals surface area contributed by atoms with Crippen LogP contribution in [0.25, 0.3) is 0 Å². The van der Waals surface area contributed by atoms with Crippen molar-refractivity contribution in [2.45, 2.75) is 45.8 Å². The Hall–Kier alpha value is -1.00. The van der Waals surface area contributed by atoms with Crippen molar-refractivity contribution < 1.29 is 13.9 Å². The Labute approximate surface area is 113 Å². The van der Waals surface area contributed by atoms with Crippen molar-refractivity contribution in [1.29, 1.82) is 0 Å². The summed E-state index contributed by atoms with van der Waals surface area (Å²) in [5.41, 5.74) is 0.00330. The van der Waals surface area contributed by atoms with Crippen LogP contribution in [0.1, 0.15) is 45.3 Å². The van der Waals surface area contributed by atoms with Gasteiger partial charge < -0.3 is 10.4 Å². The molecule has 2 nitrogen and oxygen atoms in total. The Morgan fingerprint density at radius 1 is 1.16 bits per heavy atom. The smallest absolute Gasteiger partial charge is 0.129 e. The molecule has 0 saturated carbocycles. The maximum atomic E-state index is 13.4. The molecular formula is C15H23F2NO. The fourth-order valence-corrected chi connectivity index (χ4v) is 1.88. The van der Waals surface area contributed by atoms with Crippen LogP contribution in [0.15, 0.2) is 18.2 Å².